The summed E-state index contributed by atoms with van der Waals surface area (Å²) in [4.78, 5) is 61.5. The second-order valence-corrected chi connectivity index (χ2v) is 7.47. The number of carboxylic acids is 1. The third kappa shape index (κ3) is 6.14. The molecule has 0 bridgehead atoms. The van der Waals surface area contributed by atoms with Crippen LogP contribution in [0.5, 0.6) is 0 Å². The second kappa shape index (κ2) is 10.2. The van der Waals surface area contributed by atoms with E-state index in [0.717, 1.165) is 6.42 Å². The van der Waals surface area contributed by atoms with Crippen LogP contribution in [0.2, 0.25) is 0 Å². The van der Waals surface area contributed by atoms with E-state index in [0.29, 0.717) is 32.4 Å². The number of hydrogen-bond donors (Lipinski definition) is 5. The zero-order chi connectivity index (χ0) is 21.6. The molecule has 2 heterocycles. The molecule has 11 heteroatoms. The Morgan fingerprint density at radius 2 is 1.86 bits per heavy atom. The Kier molecular flexibility index (Phi) is 7.94. The van der Waals surface area contributed by atoms with Gasteiger partial charge in [-0.2, -0.15) is 0 Å². The summed E-state index contributed by atoms with van der Waals surface area (Å²) in [5.74, 6) is -3.13. The molecule has 0 aromatic heterocycles. The molecule has 29 heavy (non-hydrogen) atoms. The Bertz CT molecular complexity index is 663. The van der Waals surface area contributed by atoms with Gasteiger partial charge in [0.05, 0.1) is 6.04 Å². The van der Waals surface area contributed by atoms with Crippen LogP contribution in [0, 0.1) is 0 Å². The van der Waals surface area contributed by atoms with Crippen molar-refractivity contribution < 1.29 is 29.1 Å². The van der Waals surface area contributed by atoms with E-state index in [-0.39, 0.29) is 18.7 Å². The number of carbonyl (C=O) groups is 5. The molecule has 2 saturated heterocycles. The van der Waals surface area contributed by atoms with Gasteiger partial charge in [-0.05, 0) is 45.6 Å². The van der Waals surface area contributed by atoms with E-state index in [9.17, 15) is 24.0 Å². The molecule has 2 aliphatic rings. The number of amides is 4. The summed E-state index contributed by atoms with van der Waals surface area (Å²) in [7, 11) is 0. The van der Waals surface area contributed by atoms with Gasteiger partial charge in [-0.1, -0.05) is 0 Å². The van der Waals surface area contributed by atoms with Crippen molar-refractivity contribution in [2.45, 2.75) is 69.6 Å². The van der Waals surface area contributed by atoms with Crippen molar-refractivity contribution in [3.8, 4) is 0 Å². The molecular weight excluding hydrogens is 382 g/mol. The first kappa shape index (κ1) is 22.6. The quantitative estimate of drug-likeness (QED) is 0.294. The Balaban J connectivity index is 2.08. The van der Waals surface area contributed by atoms with Crippen molar-refractivity contribution in [3.63, 3.8) is 0 Å². The molecule has 4 atom stereocenters. The van der Waals surface area contributed by atoms with Crippen LogP contribution in [0.4, 0.5) is 0 Å². The molecule has 0 aromatic carbocycles. The Labute approximate surface area is 168 Å². The maximum Gasteiger partial charge on any atom is 0.325 e. The maximum atomic E-state index is 13.1. The third-order valence-corrected chi connectivity index (χ3v) is 5.24. The molecule has 2 rings (SSSR count). The number of likely N-dealkylation sites (tertiary alicyclic amines) is 1. The molecule has 4 amide bonds. The molecule has 4 unspecified atom stereocenters. The number of carboxylic acid groups (broad SMARTS) is 1. The van der Waals surface area contributed by atoms with Crippen LogP contribution in [0.3, 0.4) is 0 Å². The van der Waals surface area contributed by atoms with Crippen LogP contribution in [-0.4, -0.2) is 76.9 Å². The highest BCUT2D eigenvalue weighted by Crippen LogP contribution is 2.20. The van der Waals surface area contributed by atoms with Crippen molar-refractivity contribution >= 4 is 29.6 Å². The Hall–Kier alpha value is -2.69. The normalized spacial score (nSPS) is 23.3. The second-order valence-electron chi connectivity index (χ2n) is 7.47. The van der Waals surface area contributed by atoms with E-state index in [1.54, 1.807) is 0 Å². The lowest BCUT2D eigenvalue weighted by Crippen LogP contribution is -2.56. The molecule has 6 N–H and O–H groups in total. The van der Waals surface area contributed by atoms with Crippen molar-refractivity contribution in [2.24, 2.45) is 5.73 Å². The smallest absolute Gasteiger partial charge is 0.325 e. The van der Waals surface area contributed by atoms with Gasteiger partial charge in [-0.3, -0.25) is 24.0 Å². The lowest BCUT2D eigenvalue weighted by atomic mass is 10.1. The lowest BCUT2D eigenvalue weighted by Gasteiger charge is -2.29. The molecule has 2 fully saturated rings. The lowest BCUT2D eigenvalue weighted by molar-refractivity contribution is -0.144. The standard InChI is InChI=1S/C18H29N5O6/c1-10(18(28)29)21-16(26)13-5-3-9-23(13)17(27)12(6-7-14(19)24)22-15(25)11-4-2-8-20-11/h10-13,20H,2-9H2,1H3,(H2,19,24)(H,21,26)(H,22,25)(H,28,29). The maximum absolute atomic E-state index is 13.1. The van der Waals surface area contributed by atoms with Crippen LogP contribution < -0.4 is 21.7 Å². The Morgan fingerprint density at radius 1 is 1.14 bits per heavy atom. The highest BCUT2D eigenvalue weighted by molar-refractivity contribution is 5.94. The summed E-state index contributed by atoms with van der Waals surface area (Å²) in [6.45, 7) is 2.36. The number of primary amides is 1. The molecular formula is C18H29N5O6. The molecule has 2 aliphatic heterocycles. The third-order valence-electron chi connectivity index (χ3n) is 5.24. The number of nitrogens with zero attached hydrogens (tertiary/aromatic N) is 1. The first-order valence-electron chi connectivity index (χ1n) is 9.86. The minimum absolute atomic E-state index is 0.0307. The van der Waals surface area contributed by atoms with Gasteiger partial charge in [-0.25, -0.2) is 0 Å². The summed E-state index contributed by atoms with van der Waals surface area (Å²) < 4.78 is 0. The number of nitrogens with one attached hydrogen (secondary N) is 3. The van der Waals surface area contributed by atoms with Crippen LogP contribution in [0.25, 0.3) is 0 Å². The summed E-state index contributed by atoms with van der Waals surface area (Å²) in [5.41, 5.74) is 5.20. The summed E-state index contributed by atoms with van der Waals surface area (Å²) in [6, 6.07) is -3.28. The SMILES string of the molecule is CC(NC(=O)C1CCCN1C(=O)C(CCC(N)=O)NC(=O)C1CCCN1)C(=O)O. The van der Waals surface area contributed by atoms with Gasteiger partial charge in [0, 0.05) is 13.0 Å². The van der Waals surface area contributed by atoms with Crippen molar-refractivity contribution in [1.82, 2.24) is 20.9 Å². The van der Waals surface area contributed by atoms with E-state index < -0.39 is 47.9 Å². The number of carbonyl (C=O) groups excluding carboxylic acids is 4. The molecule has 0 radical (unpaired) electrons. The predicted octanol–water partition coefficient (Wildman–Crippen LogP) is -1.93. The van der Waals surface area contributed by atoms with Gasteiger partial charge in [0.2, 0.25) is 23.6 Å². The van der Waals surface area contributed by atoms with E-state index in [1.165, 1.54) is 11.8 Å². The molecule has 162 valence electrons. The van der Waals surface area contributed by atoms with E-state index in [1.807, 2.05) is 0 Å². The first-order chi connectivity index (χ1) is 13.7. The summed E-state index contributed by atoms with van der Waals surface area (Å²) >= 11 is 0. The van der Waals surface area contributed by atoms with Gasteiger partial charge in [-0.15, -0.1) is 0 Å². The first-order valence-corrected chi connectivity index (χ1v) is 9.86. The minimum atomic E-state index is -1.18. The molecule has 11 nitrogen and oxygen atoms in total. The number of nitrogens with two attached hydrogens (primary N) is 1. The van der Waals surface area contributed by atoms with Crippen molar-refractivity contribution in [2.75, 3.05) is 13.1 Å². The largest absolute Gasteiger partial charge is 0.480 e. The molecule has 0 aromatic rings. The highest BCUT2D eigenvalue weighted by atomic mass is 16.4. The molecule has 0 spiro atoms. The van der Waals surface area contributed by atoms with Gasteiger partial charge < -0.3 is 31.7 Å². The molecule has 0 aliphatic carbocycles. The zero-order valence-corrected chi connectivity index (χ0v) is 16.5. The number of hydrogen-bond acceptors (Lipinski definition) is 6. The van der Waals surface area contributed by atoms with Crippen LogP contribution in [0.15, 0.2) is 0 Å². The fraction of sp³-hybridized carbons (Fsp3) is 0.722. The number of rotatable bonds is 9. The van der Waals surface area contributed by atoms with Gasteiger partial charge in [0.1, 0.15) is 18.1 Å². The Morgan fingerprint density at radius 3 is 2.45 bits per heavy atom. The van der Waals surface area contributed by atoms with Crippen molar-refractivity contribution in [3.05, 3.63) is 0 Å². The summed E-state index contributed by atoms with van der Waals surface area (Å²) in [6.07, 6.45) is 2.42. The highest BCUT2D eigenvalue weighted by Gasteiger charge is 2.39. The average molecular weight is 411 g/mol. The van der Waals surface area contributed by atoms with Crippen LogP contribution in [0.1, 0.15) is 45.4 Å². The molecule has 0 saturated carbocycles. The average Bonchev–Trinajstić information content (AvgIpc) is 3.35. The number of aliphatic carboxylic acids is 1. The minimum Gasteiger partial charge on any atom is -0.480 e. The van der Waals surface area contributed by atoms with Gasteiger partial charge in [0.25, 0.3) is 0 Å². The monoisotopic (exact) mass is 411 g/mol. The fourth-order valence-corrected chi connectivity index (χ4v) is 3.60. The zero-order valence-electron chi connectivity index (χ0n) is 16.5. The van der Waals surface area contributed by atoms with Crippen molar-refractivity contribution in [1.29, 1.82) is 0 Å². The van der Waals surface area contributed by atoms with Crippen LogP contribution >= 0.6 is 0 Å². The predicted molar refractivity (Wildman–Crippen MR) is 101 cm³/mol. The van der Waals surface area contributed by atoms with Gasteiger partial charge >= 0.3 is 5.97 Å². The van der Waals surface area contributed by atoms with E-state index in [2.05, 4.69) is 16.0 Å². The van der Waals surface area contributed by atoms with E-state index >= 15 is 0 Å². The topological polar surface area (TPSA) is 171 Å². The fourth-order valence-electron chi connectivity index (χ4n) is 3.60. The summed E-state index contributed by atoms with van der Waals surface area (Å²) in [5, 5.41) is 17.1. The van der Waals surface area contributed by atoms with Gasteiger partial charge in [0.15, 0.2) is 0 Å². The van der Waals surface area contributed by atoms with Crippen LogP contribution in [-0.2, 0) is 24.0 Å². The van der Waals surface area contributed by atoms with E-state index in [4.69, 9.17) is 10.8 Å².